The van der Waals surface area contributed by atoms with Gasteiger partial charge in [0, 0.05) is 12.6 Å². The number of carbonyl (C=O) groups excluding carboxylic acids is 2. The highest BCUT2D eigenvalue weighted by atomic mass is 32.2. The summed E-state index contributed by atoms with van der Waals surface area (Å²) in [6.45, 7) is 0. The maximum absolute atomic E-state index is 12.4. The third-order valence-electron chi connectivity index (χ3n) is 4.12. The second kappa shape index (κ2) is 4.88. The first-order chi connectivity index (χ1) is 11.0. The van der Waals surface area contributed by atoms with E-state index in [-0.39, 0.29) is 36.3 Å². The van der Waals surface area contributed by atoms with Gasteiger partial charge in [0.2, 0.25) is 5.91 Å². The van der Waals surface area contributed by atoms with Crippen LogP contribution in [0.5, 0.6) is 0 Å². The summed E-state index contributed by atoms with van der Waals surface area (Å²) in [7, 11) is -3.51. The molecule has 10 heteroatoms. The zero-order valence-corrected chi connectivity index (χ0v) is 12.9. The fraction of sp³-hybridized carbons (Fsp3) is 0.538. The number of rotatable bonds is 4. The highest BCUT2D eigenvalue weighted by Gasteiger charge is 2.53. The fourth-order valence-corrected chi connectivity index (χ4v) is 4.68. The van der Waals surface area contributed by atoms with Crippen molar-refractivity contribution in [2.24, 2.45) is 0 Å². The first kappa shape index (κ1) is 14.4. The van der Waals surface area contributed by atoms with E-state index >= 15 is 0 Å². The molecule has 1 amide bonds. The predicted molar refractivity (Wildman–Crippen MR) is 75.3 cm³/mol. The Balaban J connectivity index is 1.75. The van der Waals surface area contributed by atoms with E-state index in [1.165, 1.54) is 6.20 Å². The number of carbonyl (C=O) groups is 2. The van der Waals surface area contributed by atoms with Crippen LogP contribution < -0.4 is 0 Å². The van der Waals surface area contributed by atoms with E-state index in [2.05, 4.69) is 15.4 Å². The summed E-state index contributed by atoms with van der Waals surface area (Å²) in [5.74, 6) is -1.28. The smallest absolute Gasteiger partial charge is 0.355 e. The number of amides is 1. The molecule has 1 saturated heterocycles. The molecule has 1 N–H and O–H groups in total. The number of aromatic nitrogens is 3. The van der Waals surface area contributed by atoms with E-state index in [1.54, 1.807) is 0 Å². The molecule has 3 heterocycles. The second-order valence-corrected chi connectivity index (χ2v) is 8.09. The van der Waals surface area contributed by atoms with E-state index in [1.807, 2.05) is 0 Å². The molecule has 0 spiro atoms. The molecule has 1 atom stereocenters. The molecule has 0 aromatic carbocycles. The number of nitrogens with one attached hydrogen (secondary N) is 1. The lowest BCUT2D eigenvalue weighted by atomic mass is 10.0. The van der Waals surface area contributed by atoms with Crippen molar-refractivity contribution in [1.82, 2.24) is 20.3 Å². The largest absolute Gasteiger partial charge is 0.458 e. The van der Waals surface area contributed by atoms with Gasteiger partial charge in [0.05, 0.1) is 17.9 Å². The number of fused-ring (bicyclic) bond motifs is 1. The molecular formula is C13H14N4O5S. The highest BCUT2D eigenvalue weighted by molar-refractivity contribution is 7.92. The van der Waals surface area contributed by atoms with Gasteiger partial charge in [-0.25, -0.2) is 13.2 Å². The Kier molecular flexibility index (Phi) is 3.05. The Bertz CT molecular complexity index is 809. The fourth-order valence-electron chi connectivity index (χ4n) is 2.82. The summed E-state index contributed by atoms with van der Waals surface area (Å²) in [6.07, 6.45) is 3.03. The van der Waals surface area contributed by atoms with E-state index in [9.17, 15) is 18.0 Å². The van der Waals surface area contributed by atoms with Gasteiger partial charge in [-0.05, 0) is 18.4 Å². The molecule has 122 valence electrons. The number of esters is 1. The van der Waals surface area contributed by atoms with Crippen molar-refractivity contribution in [3.05, 3.63) is 23.2 Å². The minimum atomic E-state index is -3.51. The SMILES string of the molecule is O=C(OC1CC1)C1=C(Cc2c[nH]nn2)CS(=O)(=O)[C@@H]2CC(=O)N12. The minimum absolute atomic E-state index is 0.0657. The number of sulfone groups is 1. The van der Waals surface area contributed by atoms with Gasteiger partial charge in [-0.1, -0.05) is 5.21 Å². The van der Waals surface area contributed by atoms with Crippen molar-refractivity contribution < 1.29 is 22.7 Å². The van der Waals surface area contributed by atoms with Crippen LogP contribution >= 0.6 is 0 Å². The number of ether oxygens (including phenoxy) is 1. The van der Waals surface area contributed by atoms with Gasteiger partial charge >= 0.3 is 5.97 Å². The molecule has 23 heavy (non-hydrogen) atoms. The average Bonchev–Trinajstić information content (AvgIpc) is 3.13. The zero-order valence-electron chi connectivity index (χ0n) is 12.1. The van der Waals surface area contributed by atoms with Gasteiger partial charge in [0.25, 0.3) is 0 Å². The second-order valence-electron chi connectivity index (χ2n) is 5.93. The monoisotopic (exact) mass is 338 g/mol. The van der Waals surface area contributed by atoms with Gasteiger partial charge in [0.15, 0.2) is 9.84 Å². The molecule has 1 aliphatic carbocycles. The lowest BCUT2D eigenvalue weighted by Crippen LogP contribution is -2.60. The normalized spacial score (nSPS) is 25.8. The first-order valence-electron chi connectivity index (χ1n) is 7.27. The van der Waals surface area contributed by atoms with Crippen molar-refractivity contribution in [2.75, 3.05) is 5.75 Å². The molecule has 3 aliphatic rings. The molecule has 0 bridgehead atoms. The van der Waals surface area contributed by atoms with Crippen molar-refractivity contribution in [2.45, 2.75) is 37.2 Å². The summed E-state index contributed by atoms with van der Waals surface area (Å²) in [5, 5.41) is 8.98. The first-order valence-corrected chi connectivity index (χ1v) is 8.99. The zero-order chi connectivity index (χ0) is 16.2. The quantitative estimate of drug-likeness (QED) is 0.568. The molecule has 1 aromatic rings. The third kappa shape index (κ3) is 2.42. The number of β-lactam (4-membered cyclic amide) rings is 1. The number of H-pyrrole nitrogens is 1. The van der Waals surface area contributed by atoms with Gasteiger partial charge in [-0.15, -0.1) is 5.10 Å². The van der Waals surface area contributed by atoms with E-state index in [4.69, 9.17) is 4.74 Å². The van der Waals surface area contributed by atoms with Gasteiger partial charge in [-0.2, -0.15) is 0 Å². The Morgan fingerprint density at radius 1 is 1.43 bits per heavy atom. The average molecular weight is 338 g/mol. The number of hydrogen-bond donors (Lipinski definition) is 1. The molecule has 9 nitrogen and oxygen atoms in total. The van der Waals surface area contributed by atoms with Crippen LogP contribution in [-0.2, 0) is 30.6 Å². The number of nitrogens with zero attached hydrogens (tertiary/aromatic N) is 3. The standard InChI is InChI=1S/C13H14N4O5S/c18-10-4-11-17(10)12(13(19)22-9-1-2-9)7(6-23(11,20)21)3-8-5-14-16-15-8/h5,9,11H,1-4,6H2,(H,14,15,16)/t11-/m1/s1. The molecule has 1 aromatic heterocycles. The summed E-state index contributed by atoms with van der Waals surface area (Å²) < 4.78 is 29.9. The van der Waals surface area contributed by atoms with Crippen LogP contribution in [0.25, 0.3) is 0 Å². The Hall–Kier alpha value is -2.23. The number of aromatic amines is 1. The lowest BCUT2D eigenvalue weighted by Gasteiger charge is -2.44. The third-order valence-corrected chi connectivity index (χ3v) is 6.08. The summed E-state index contributed by atoms with van der Waals surface area (Å²) in [6, 6.07) is 0. The summed E-state index contributed by atoms with van der Waals surface area (Å²) >= 11 is 0. The molecule has 0 unspecified atom stereocenters. The molecule has 0 radical (unpaired) electrons. The van der Waals surface area contributed by atoms with Crippen molar-refractivity contribution in [1.29, 1.82) is 0 Å². The molecule has 2 fully saturated rings. The molecule has 1 saturated carbocycles. The van der Waals surface area contributed by atoms with Crippen molar-refractivity contribution >= 4 is 21.7 Å². The Morgan fingerprint density at radius 2 is 2.22 bits per heavy atom. The maximum atomic E-state index is 12.4. The van der Waals surface area contributed by atoms with Crippen LogP contribution in [0.1, 0.15) is 25.0 Å². The lowest BCUT2D eigenvalue weighted by molar-refractivity contribution is -0.150. The van der Waals surface area contributed by atoms with Gasteiger partial charge < -0.3 is 4.74 Å². The van der Waals surface area contributed by atoms with Crippen LogP contribution in [-0.4, -0.2) is 57.8 Å². The summed E-state index contributed by atoms with van der Waals surface area (Å²) in [4.78, 5) is 25.4. The topological polar surface area (TPSA) is 122 Å². The van der Waals surface area contributed by atoms with Crippen molar-refractivity contribution in [3.63, 3.8) is 0 Å². The van der Waals surface area contributed by atoms with Crippen LogP contribution in [0.2, 0.25) is 0 Å². The predicted octanol–water partition coefficient (Wildman–Crippen LogP) is -0.706. The van der Waals surface area contributed by atoms with E-state index in [0.29, 0.717) is 11.3 Å². The van der Waals surface area contributed by atoms with Crippen LogP contribution in [0, 0.1) is 0 Å². The summed E-state index contributed by atoms with van der Waals surface area (Å²) in [5.41, 5.74) is 0.892. The Morgan fingerprint density at radius 3 is 2.83 bits per heavy atom. The van der Waals surface area contributed by atoms with Gasteiger partial charge in [-0.3, -0.25) is 14.8 Å². The minimum Gasteiger partial charge on any atom is -0.458 e. The van der Waals surface area contributed by atoms with Crippen LogP contribution in [0.15, 0.2) is 17.5 Å². The molecule has 2 aliphatic heterocycles. The van der Waals surface area contributed by atoms with Crippen LogP contribution in [0.4, 0.5) is 0 Å². The van der Waals surface area contributed by atoms with Crippen molar-refractivity contribution in [3.8, 4) is 0 Å². The van der Waals surface area contributed by atoms with E-state index < -0.39 is 21.2 Å². The van der Waals surface area contributed by atoms with Crippen LogP contribution in [0.3, 0.4) is 0 Å². The van der Waals surface area contributed by atoms with Gasteiger partial charge in [0.1, 0.15) is 17.2 Å². The highest BCUT2D eigenvalue weighted by Crippen LogP contribution is 2.38. The Labute approximate surface area is 131 Å². The molecular weight excluding hydrogens is 324 g/mol. The number of hydrogen-bond acceptors (Lipinski definition) is 7. The van der Waals surface area contributed by atoms with E-state index in [0.717, 1.165) is 17.7 Å². The maximum Gasteiger partial charge on any atom is 0.355 e. The molecule has 4 rings (SSSR count).